The van der Waals surface area contributed by atoms with Gasteiger partial charge in [-0.15, -0.1) is 0 Å². The zero-order valence-electron chi connectivity index (χ0n) is 15.6. The predicted molar refractivity (Wildman–Crippen MR) is 113 cm³/mol. The quantitative estimate of drug-likeness (QED) is 0.681. The van der Waals surface area contributed by atoms with Crippen LogP contribution >= 0.6 is 11.6 Å². The molecule has 2 heterocycles. The molecule has 1 fully saturated rings. The first-order valence-electron chi connectivity index (χ1n) is 9.35. The van der Waals surface area contributed by atoms with Gasteiger partial charge in [0.2, 0.25) is 15.9 Å². The molecule has 1 N–H and O–H groups in total. The van der Waals surface area contributed by atoms with Gasteiger partial charge in [0.15, 0.2) is 0 Å². The number of halogens is 1. The number of anilines is 1. The third-order valence-electron chi connectivity index (χ3n) is 5.06. The van der Waals surface area contributed by atoms with Crippen LogP contribution in [0.1, 0.15) is 12.8 Å². The van der Waals surface area contributed by atoms with Crippen molar-refractivity contribution in [3.8, 4) is 0 Å². The Balaban J connectivity index is 1.56. The maximum Gasteiger partial charge on any atom is 0.245 e. The van der Waals surface area contributed by atoms with Gasteiger partial charge in [0.25, 0.3) is 0 Å². The molecule has 0 radical (unpaired) electrons. The average molecular weight is 430 g/mol. The van der Waals surface area contributed by atoms with E-state index in [0.29, 0.717) is 35.6 Å². The number of sulfonamides is 1. The van der Waals surface area contributed by atoms with Crippen molar-refractivity contribution >= 4 is 44.1 Å². The summed E-state index contributed by atoms with van der Waals surface area (Å²) in [5.74, 6) is -0.636. The third kappa shape index (κ3) is 4.12. The van der Waals surface area contributed by atoms with Crippen LogP contribution in [0.5, 0.6) is 0 Å². The summed E-state index contributed by atoms with van der Waals surface area (Å²) in [5, 5.41) is 4.13. The predicted octanol–water partition coefficient (Wildman–Crippen LogP) is 3.93. The van der Waals surface area contributed by atoms with E-state index in [1.54, 1.807) is 48.7 Å². The molecule has 1 aromatic heterocycles. The maximum atomic E-state index is 13.3. The minimum atomic E-state index is -3.76. The van der Waals surface area contributed by atoms with Crippen LogP contribution in [0.25, 0.3) is 10.9 Å². The fourth-order valence-corrected chi connectivity index (χ4v) is 5.49. The Bertz CT molecular complexity index is 1160. The van der Waals surface area contributed by atoms with E-state index in [9.17, 15) is 13.2 Å². The number of benzene rings is 2. The number of pyridine rings is 1. The summed E-state index contributed by atoms with van der Waals surface area (Å²) in [6.45, 7) is 0.518. The van der Waals surface area contributed by atoms with Gasteiger partial charge in [-0.3, -0.25) is 9.78 Å². The molecule has 6 nitrogen and oxygen atoms in total. The molecule has 2 aromatic carbocycles. The molecule has 1 amide bonds. The van der Waals surface area contributed by atoms with E-state index in [1.165, 1.54) is 4.31 Å². The molecule has 29 heavy (non-hydrogen) atoms. The Hall–Kier alpha value is -2.48. The van der Waals surface area contributed by atoms with Gasteiger partial charge >= 0.3 is 0 Å². The summed E-state index contributed by atoms with van der Waals surface area (Å²) in [5.41, 5.74) is 1.04. The minimum absolute atomic E-state index is 0.137. The molecule has 0 unspecified atom stereocenters. The summed E-state index contributed by atoms with van der Waals surface area (Å²) >= 11 is 5.97. The Morgan fingerprint density at radius 2 is 1.93 bits per heavy atom. The summed E-state index contributed by atoms with van der Waals surface area (Å²) < 4.78 is 28.0. The number of carbonyl (C=O) groups is 1. The third-order valence-corrected chi connectivity index (χ3v) is 7.19. The van der Waals surface area contributed by atoms with Gasteiger partial charge in [-0.2, -0.15) is 4.31 Å². The largest absolute Gasteiger partial charge is 0.326 e. The van der Waals surface area contributed by atoms with E-state index >= 15 is 0 Å². The zero-order chi connectivity index (χ0) is 20.4. The van der Waals surface area contributed by atoms with Crippen molar-refractivity contribution in [3.05, 3.63) is 65.8 Å². The lowest BCUT2D eigenvalue weighted by Gasteiger charge is -2.31. The second-order valence-electron chi connectivity index (χ2n) is 7.03. The van der Waals surface area contributed by atoms with Crippen molar-refractivity contribution < 1.29 is 13.2 Å². The van der Waals surface area contributed by atoms with Crippen LogP contribution in [0, 0.1) is 5.92 Å². The molecule has 3 aromatic rings. The first-order chi connectivity index (χ1) is 13.9. The topological polar surface area (TPSA) is 79.4 Å². The van der Waals surface area contributed by atoms with Gasteiger partial charge < -0.3 is 5.32 Å². The van der Waals surface area contributed by atoms with Crippen molar-refractivity contribution in [2.75, 3.05) is 18.4 Å². The van der Waals surface area contributed by atoms with Crippen LogP contribution in [0.15, 0.2) is 65.7 Å². The Labute approximate surface area is 174 Å². The van der Waals surface area contributed by atoms with Gasteiger partial charge in [0, 0.05) is 35.4 Å². The van der Waals surface area contributed by atoms with Crippen LogP contribution in [-0.2, 0) is 14.8 Å². The van der Waals surface area contributed by atoms with Crippen molar-refractivity contribution in [2.24, 2.45) is 5.92 Å². The van der Waals surface area contributed by atoms with Crippen molar-refractivity contribution in [2.45, 2.75) is 17.7 Å². The molecule has 1 atom stereocenters. The van der Waals surface area contributed by atoms with Gasteiger partial charge in [0.1, 0.15) is 4.90 Å². The molecule has 4 rings (SSSR count). The number of aromatic nitrogens is 1. The fourth-order valence-electron chi connectivity index (χ4n) is 3.61. The SMILES string of the molecule is O=C(Nc1cccc(Cl)c1)[C@@H]1CCCN(S(=O)(=O)c2cccc3cccnc23)C1. The first kappa shape index (κ1) is 19.8. The van der Waals surface area contributed by atoms with Crippen LogP contribution in [0.4, 0.5) is 5.69 Å². The minimum Gasteiger partial charge on any atom is -0.326 e. The highest BCUT2D eigenvalue weighted by Gasteiger charge is 2.34. The smallest absolute Gasteiger partial charge is 0.245 e. The van der Waals surface area contributed by atoms with Gasteiger partial charge in [0.05, 0.1) is 11.4 Å². The highest BCUT2D eigenvalue weighted by atomic mass is 35.5. The lowest BCUT2D eigenvalue weighted by Crippen LogP contribution is -2.43. The van der Waals surface area contributed by atoms with E-state index in [4.69, 9.17) is 11.6 Å². The van der Waals surface area contributed by atoms with Crippen LogP contribution in [0.2, 0.25) is 5.02 Å². The number of fused-ring (bicyclic) bond motifs is 1. The number of carbonyl (C=O) groups excluding carboxylic acids is 1. The average Bonchev–Trinajstić information content (AvgIpc) is 2.73. The lowest BCUT2D eigenvalue weighted by molar-refractivity contribution is -0.120. The van der Waals surface area contributed by atoms with Crippen molar-refractivity contribution in [1.29, 1.82) is 0 Å². The number of rotatable bonds is 4. The van der Waals surface area contributed by atoms with Gasteiger partial charge in [-0.25, -0.2) is 8.42 Å². The summed E-state index contributed by atoms with van der Waals surface area (Å²) in [6, 6.07) is 15.6. The molecule has 8 heteroatoms. The molecule has 0 bridgehead atoms. The summed E-state index contributed by atoms with van der Waals surface area (Å²) in [4.78, 5) is 17.1. The van der Waals surface area contributed by atoms with Gasteiger partial charge in [-0.1, -0.05) is 35.9 Å². The summed E-state index contributed by atoms with van der Waals surface area (Å²) in [7, 11) is -3.76. The molecule has 1 aliphatic rings. The van der Waals surface area contributed by atoms with Crippen LogP contribution < -0.4 is 5.32 Å². The summed E-state index contributed by atoms with van der Waals surface area (Å²) in [6.07, 6.45) is 2.83. The van der Waals surface area contributed by atoms with E-state index < -0.39 is 15.9 Å². The second-order valence-corrected chi connectivity index (χ2v) is 9.38. The molecule has 1 aliphatic heterocycles. The lowest BCUT2D eigenvalue weighted by atomic mass is 9.99. The first-order valence-corrected chi connectivity index (χ1v) is 11.2. The van der Waals surface area contributed by atoms with E-state index in [0.717, 1.165) is 5.39 Å². The number of piperidine rings is 1. The highest BCUT2D eigenvalue weighted by Crippen LogP contribution is 2.28. The molecule has 1 saturated heterocycles. The number of nitrogens with one attached hydrogen (secondary N) is 1. The fraction of sp³-hybridized carbons (Fsp3) is 0.238. The number of amides is 1. The highest BCUT2D eigenvalue weighted by molar-refractivity contribution is 7.89. The van der Waals surface area contributed by atoms with Crippen molar-refractivity contribution in [3.63, 3.8) is 0 Å². The molecule has 150 valence electrons. The number of hydrogen-bond donors (Lipinski definition) is 1. The van der Waals surface area contributed by atoms with Crippen LogP contribution in [0.3, 0.4) is 0 Å². The Morgan fingerprint density at radius 1 is 1.14 bits per heavy atom. The normalized spacial score (nSPS) is 17.9. The number of nitrogens with zero attached hydrogens (tertiary/aromatic N) is 2. The van der Waals surface area contributed by atoms with Crippen LogP contribution in [-0.4, -0.2) is 36.7 Å². The van der Waals surface area contributed by atoms with Gasteiger partial charge in [-0.05, 0) is 43.2 Å². The molecule has 0 aliphatic carbocycles. The Kier molecular flexibility index (Phi) is 5.54. The zero-order valence-corrected chi connectivity index (χ0v) is 17.2. The molecular weight excluding hydrogens is 410 g/mol. The van der Waals surface area contributed by atoms with E-state index in [-0.39, 0.29) is 17.3 Å². The monoisotopic (exact) mass is 429 g/mol. The van der Waals surface area contributed by atoms with E-state index in [2.05, 4.69) is 10.3 Å². The van der Waals surface area contributed by atoms with Crippen molar-refractivity contribution in [1.82, 2.24) is 9.29 Å². The standard InChI is InChI=1S/C21H20ClN3O3S/c22-17-8-2-9-18(13-17)24-21(26)16-7-4-12-25(14-16)29(27,28)19-10-1-5-15-6-3-11-23-20(15)19/h1-3,5-6,8-11,13,16H,4,7,12,14H2,(H,24,26)/t16-/m1/s1. The van der Waals surface area contributed by atoms with E-state index in [1.807, 2.05) is 12.1 Å². The molecule has 0 spiro atoms. The molecular formula is C21H20ClN3O3S. The number of para-hydroxylation sites is 1. The number of hydrogen-bond acceptors (Lipinski definition) is 4. The maximum absolute atomic E-state index is 13.3. The molecule has 0 saturated carbocycles. The Morgan fingerprint density at radius 3 is 2.76 bits per heavy atom. The second kappa shape index (κ2) is 8.10.